The molecule has 0 spiro atoms. The molecule has 0 aliphatic carbocycles. The predicted octanol–water partition coefficient (Wildman–Crippen LogP) is 3.45. The first-order valence-electron chi connectivity index (χ1n) is 9.08. The number of amides is 2. The van der Waals surface area contributed by atoms with Crippen molar-refractivity contribution in [3.63, 3.8) is 0 Å². The number of anilines is 1. The number of hydrogen-bond acceptors (Lipinski definition) is 5. The van der Waals surface area contributed by atoms with Gasteiger partial charge >= 0.3 is 0 Å². The Kier molecular flexibility index (Phi) is 6.95. The van der Waals surface area contributed by atoms with Crippen LogP contribution in [0.5, 0.6) is 0 Å². The molecule has 3 rings (SSSR count). The average molecular weight is 449 g/mol. The van der Waals surface area contributed by atoms with E-state index in [0.29, 0.717) is 17.0 Å². The van der Waals surface area contributed by atoms with Crippen LogP contribution in [0.2, 0.25) is 0 Å². The van der Waals surface area contributed by atoms with E-state index in [1.807, 2.05) is 0 Å². The number of hydrogen-bond donors (Lipinski definition) is 2. The largest absolute Gasteiger partial charge is 0.342 e. The van der Waals surface area contributed by atoms with E-state index in [1.54, 1.807) is 24.6 Å². The maximum atomic E-state index is 13.8. The summed E-state index contributed by atoms with van der Waals surface area (Å²) in [6.07, 6.45) is 0. The normalized spacial score (nSPS) is 11.8. The van der Waals surface area contributed by atoms with Crippen molar-refractivity contribution in [2.24, 2.45) is 7.05 Å². The highest BCUT2D eigenvalue weighted by atomic mass is 32.2. The van der Waals surface area contributed by atoms with E-state index in [-0.39, 0.29) is 17.0 Å². The zero-order valence-corrected chi connectivity index (χ0v) is 17.3. The summed E-state index contributed by atoms with van der Waals surface area (Å²) in [5.41, 5.74) is -0.217. The van der Waals surface area contributed by atoms with Crippen molar-refractivity contribution in [3.05, 3.63) is 71.3 Å². The summed E-state index contributed by atoms with van der Waals surface area (Å²) in [4.78, 5) is 24.4. The molecule has 0 radical (unpaired) electrons. The van der Waals surface area contributed by atoms with Crippen molar-refractivity contribution in [3.8, 4) is 0 Å². The molecule has 2 N–H and O–H groups in total. The van der Waals surface area contributed by atoms with Crippen LogP contribution in [0.4, 0.5) is 18.9 Å². The van der Waals surface area contributed by atoms with Crippen molar-refractivity contribution in [1.82, 2.24) is 20.1 Å². The van der Waals surface area contributed by atoms with Crippen molar-refractivity contribution in [2.45, 2.75) is 18.1 Å². The number of halogens is 3. The molecule has 31 heavy (non-hydrogen) atoms. The number of carbonyl (C=O) groups is 2. The van der Waals surface area contributed by atoms with Gasteiger partial charge in [0.25, 0.3) is 5.91 Å². The zero-order chi connectivity index (χ0) is 22.5. The van der Waals surface area contributed by atoms with E-state index >= 15 is 0 Å². The molecule has 0 saturated carbocycles. The lowest BCUT2D eigenvalue weighted by Gasteiger charge is -2.14. The Hall–Kier alpha value is -3.34. The van der Waals surface area contributed by atoms with E-state index < -0.39 is 35.3 Å². The topological polar surface area (TPSA) is 88.9 Å². The van der Waals surface area contributed by atoms with Crippen LogP contribution < -0.4 is 10.6 Å². The molecule has 11 heteroatoms. The van der Waals surface area contributed by atoms with Crippen LogP contribution in [-0.2, 0) is 11.8 Å². The first-order valence-corrected chi connectivity index (χ1v) is 10.1. The zero-order valence-electron chi connectivity index (χ0n) is 16.5. The van der Waals surface area contributed by atoms with Gasteiger partial charge in [-0.3, -0.25) is 9.59 Å². The van der Waals surface area contributed by atoms with Gasteiger partial charge in [0.1, 0.15) is 17.5 Å². The summed E-state index contributed by atoms with van der Waals surface area (Å²) in [6.45, 7) is 1.67. The van der Waals surface area contributed by atoms with Crippen LogP contribution in [0.3, 0.4) is 0 Å². The lowest BCUT2D eigenvalue weighted by atomic mass is 10.2. The minimum Gasteiger partial charge on any atom is -0.342 e. The van der Waals surface area contributed by atoms with Gasteiger partial charge in [0, 0.05) is 13.1 Å². The Morgan fingerprint density at radius 2 is 1.84 bits per heavy atom. The molecular weight excluding hydrogens is 431 g/mol. The molecule has 2 amide bonds. The van der Waals surface area contributed by atoms with Gasteiger partial charge in [-0.2, -0.15) is 0 Å². The lowest BCUT2D eigenvalue weighted by Crippen LogP contribution is -2.29. The Labute approximate surface area is 180 Å². The number of thioether (sulfide) groups is 1. The molecule has 0 aliphatic rings. The van der Waals surface area contributed by atoms with Crippen molar-refractivity contribution in [1.29, 1.82) is 0 Å². The fourth-order valence-corrected chi connectivity index (χ4v) is 3.44. The minimum absolute atomic E-state index is 0.0872. The summed E-state index contributed by atoms with van der Waals surface area (Å²) in [7, 11) is 1.65. The second-order valence-electron chi connectivity index (χ2n) is 6.54. The molecule has 0 unspecified atom stereocenters. The van der Waals surface area contributed by atoms with Gasteiger partial charge in [-0.1, -0.05) is 23.9 Å². The number of nitrogens with zero attached hydrogens (tertiary/aromatic N) is 3. The van der Waals surface area contributed by atoms with E-state index in [0.717, 1.165) is 23.9 Å². The number of carbonyl (C=O) groups excluding carboxylic acids is 2. The van der Waals surface area contributed by atoms with Gasteiger partial charge in [-0.15, -0.1) is 10.2 Å². The van der Waals surface area contributed by atoms with Gasteiger partial charge in [0.15, 0.2) is 11.0 Å². The molecule has 2 aromatic carbocycles. The minimum atomic E-state index is -0.876. The predicted molar refractivity (Wildman–Crippen MR) is 109 cm³/mol. The highest BCUT2D eigenvalue weighted by Crippen LogP contribution is 2.21. The highest BCUT2D eigenvalue weighted by molar-refractivity contribution is 7.99. The third kappa shape index (κ3) is 5.43. The molecular formula is C20H18F3N5O2S. The second kappa shape index (κ2) is 9.65. The summed E-state index contributed by atoms with van der Waals surface area (Å²) >= 11 is 1.05. The Morgan fingerprint density at radius 1 is 1.10 bits per heavy atom. The van der Waals surface area contributed by atoms with Crippen LogP contribution in [-0.4, -0.2) is 32.3 Å². The van der Waals surface area contributed by atoms with Crippen LogP contribution in [0.1, 0.15) is 29.1 Å². The maximum absolute atomic E-state index is 13.8. The molecule has 3 aromatic rings. The monoisotopic (exact) mass is 449 g/mol. The Bertz CT molecular complexity index is 1120. The van der Waals surface area contributed by atoms with Crippen LogP contribution in [0.15, 0.2) is 47.6 Å². The third-order valence-corrected chi connectivity index (χ3v) is 5.28. The molecule has 0 aliphatic heterocycles. The van der Waals surface area contributed by atoms with Crippen LogP contribution in [0.25, 0.3) is 0 Å². The molecule has 0 fully saturated rings. The lowest BCUT2D eigenvalue weighted by molar-refractivity contribution is -0.113. The van der Waals surface area contributed by atoms with E-state index in [4.69, 9.17) is 0 Å². The molecule has 0 bridgehead atoms. The number of benzene rings is 2. The van der Waals surface area contributed by atoms with Gasteiger partial charge in [-0.25, -0.2) is 13.2 Å². The van der Waals surface area contributed by atoms with Crippen LogP contribution >= 0.6 is 11.8 Å². The van der Waals surface area contributed by atoms with Gasteiger partial charge < -0.3 is 15.2 Å². The SMILES string of the molecule is C[C@H](NC(=O)c1ccccc1F)c1nnc(SCC(=O)Nc2ccc(F)cc2F)n1C. The summed E-state index contributed by atoms with van der Waals surface area (Å²) in [5, 5.41) is 13.4. The van der Waals surface area contributed by atoms with Gasteiger partial charge in [0.05, 0.1) is 23.0 Å². The van der Waals surface area contributed by atoms with Crippen molar-refractivity contribution < 1.29 is 22.8 Å². The van der Waals surface area contributed by atoms with Crippen molar-refractivity contribution in [2.75, 3.05) is 11.1 Å². The molecule has 0 saturated heterocycles. The van der Waals surface area contributed by atoms with Gasteiger partial charge in [-0.05, 0) is 31.2 Å². The fourth-order valence-electron chi connectivity index (χ4n) is 2.72. The Morgan fingerprint density at radius 3 is 2.55 bits per heavy atom. The molecule has 1 heterocycles. The van der Waals surface area contributed by atoms with Crippen molar-refractivity contribution >= 4 is 29.3 Å². The van der Waals surface area contributed by atoms with E-state index in [1.165, 1.54) is 18.2 Å². The quantitative estimate of drug-likeness (QED) is 0.540. The number of nitrogens with one attached hydrogen (secondary N) is 2. The number of aromatic nitrogens is 3. The summed E-state index contributed by atoms with van der Waals surface area (Å²) in [6, 6.07) is 7.88. The van der Waals surface area contributed by atoms with Crippen LogP contribution in [0, 0.1) is 17.5 Å². The second-order valence-corrected chi connectivity index (χ2v) is 7.48. The average Bonchev–Trinajstić information content (AvgIpc) is 3.09. The molecule has 162 valence electrons. The van der Waals surface area contributed by atoms with E-state index in [2.05, 4.69) is 20.8 Å². The molecule has 1 atom stereocenters. The number of rotatable bonds is 7. The van der Waals surface area contributed by atoms with E-state index in [9.17, 15) is 22.8 Å². The van der Waals surface area contributed by atoms with Gasteiger partial charge in [0.2, 0.25) is 5.91 Å². The summed E-state index contributed by atoms with van der Waals surface area (Å²) < 4.78 is 41.9. The molecule has 1 aromatic heterocycles. The maximum Gasteiger partial charge on any atom is 0.254 e. The third-order valence-electron chi connectivity index (χ3n) is 4.26. The molecule has 7 nitrogen and oxygen atoms in total. The first-order chi connectivity index (χ1) is 14.8. The Balaban J connectivity index is 1.59. The fraction of sp³-hybridized carbons (Fsp3) is 0.200. The standard InChI is InChI=1S/C20H18F3N5O2S/c1-11(24-19(30)13-5-3-4-6-14(13)22)18-26-27-20(28(18)2)31-10-17(29)25-16-8-7-12(21)9-15(16)23/h3-9,11H,10H2,1-2H3,(H,24,30)(H,25,29)/t11-/m0/s1. The first kappa shape index (κ1) is 22.3. The summed E-state index contributed by atoms with van der Waals surface area (Å²) in [5.74, 6) is -3.06. The smallest absolute Gasteiger partial charge is 0.254 e. The highest BCUT2D eigenvalue weighted by Gasteiger charge is 2.20.